The predicted octanol–water partition coefficient (Wildman–Crippen LogP) is 3.70. The van der Waals surface area contributed by atoms with Gasteiger partial charge in [0.15, 0.2) is 0 Å². The van der Waals surface area contributed by atoms with Crippen molar-refractivity contribution >= 4 is 21.4 Å². The maximum Gasteiger partial charge on any atom is 0.241 e. The van der Waals surface area contributed by atoms with E-state index in [2.05, 4.69) is 4.72 Å². The molecule has 0 fully saturated rings. The summed E-state index contributed by atoms with van der Waals surface area (Å²) < 4.78 is 53.5. The summed E-state index contributed by atoms with van der Waals surface area (Å²) in [6.45, 7) is 3.75. The van der Waals surface area contributed by atoms with Crippen molar-refractivity contribution in [3.05, 3.63) is 52.2 Å². The third-order valence-corrected chi connectivity index (χ3v) is 5.32. The zero-order valence-electron chi connectivity index (χ0n) is 11.5. The highest BCUT2D eigenvalue weighted by molar-refractivity contribution is 7.89. The van der Waals surface area contributed by atoms with Crippen LogP contribution in [0.25, 0.3) is 0 Å². The van der Waals surface area contributed by atoms with Crippen molar-refractivity contribution < 1.29 is 17.2 Å². The van der Waals surface area contributed by atoms with Gasteiger partial charge in [-0.15, -0.1) is 11.3 Å². The van der Waals surface area contributed by atoms with Gasteiger partial charge >= 0.3 is 0 Å². The summed E-state index contributed by atoms with van der Waals surface area (Å²) in [6, 6.07) is 5.45. The monoisotopic (exact) mass is 331 g/mol. The van der Waals surface area contributed by atoms with Crippen molar-refractivity contribution in [3.8, 4) is 0 Å². The number of rotatable bonds is 5. The van der Waals surface area contributed by atoms with E-state index in [1.54, 1.807) is 0 Å². The van der Waals surface area contributed by atoms with Crippen LogP contribution in [-0.4, -0.2) is 8.42 Å². The van der Waals surface area contributed by atoms with Gasteiger partial charge in [-0.1, -0.05) is 19.9 Å². The van der Waals surface area contributed by atoms with Crippen LogP contribution in [0.2, 0.25) is 0 Å². The molecule has 0 saturated carbocycles. The number of halogens is 2. The van der Waals surface area contributed by atoms with Gasteiger partial charge in [-0.3, -0.25) is 0 Å². The Labute approximate surface area is 126 Å². The third kappa shape index (κ3) is 3.87. The van der Waals surface area contributed by atoms with E-state index in [4.69, 9.17) is 0 Å². The minimum Gasteiger partial charge on any atom is -0.207 e. The van der Waals surface area contributed by atoms with E-state index >= 15 is 0 Å². The van der Waals surface area contributed by atoms with E-state index in [1.807, 2.05) is 31.4 Å². The first-order valence-corrected chi connectivity index (χ1v) is 8.67. The van der Waals surface area contributed by atoms with Crippen LogP contribution in [0.5, 0.6) is 0 Å². The lowest BCUT2D eigenvalue weighted by atomic mass is 10.0. The summed E-state index contributed by atoms with van der Waals surface area (Å²) in [6.07, 6.45) is 0. The van der Waals surface area contributed by atoms with Crippen LogP contribution in [0.3, 0.4) is 0 Å². The van der Waals surface area contributed by atoms with E-state index in [1.165, 1.54) is 11.3 Å². The SMILES string of the molecule is CC(C)C(NS(=O)(=O)c1cc(F)cc(F)c1)c1cccs1. The molecule has 0 aliphatic rings. The molecule has 21 heavy (non-hydrogen) atoms. The van der Waals surface area contributed by atoms with Crippen molar-refractivity contribution in [2.24, 2.45) is 5.92 Å². The predicted molar refractivity (Wildman–Crippen MR) is 78.6 cm³/mol. The first-order valence-electron chi connectivity index (χ1n) is 6.31. The number of nitrogens with one attached hydrogen (secondary N) is 1. The van der Waals surface area contributed by atoms with Crippen LogP contribution < -0.4 is 4.72 Å². The molecule has 114 valence electrons. The summed E-state index contributed by atoms with van der Waals surface area (Å²) in [5.41, 5.74) is 0. The van der Waals surface area contributed by atoms with E-state index in [0.717, 1.165) is 17.0 Å². The van der Waals surface area contributed by atoms with Gasteiger partial charge in [0.2, 0.25) is 10.0 Å². The smallest absolute Gasteiger partial charge is 0.207 e. The van der Waals surface area contributed by atoms with Gasteiger partial charge in [0.25, 0.3) is 0 Å². The summed E-state index contributed by atoms with van der Waals surface area (Å²) in [4.78, 5) is 0.438. The second-order valence-corrected chi connectivity index (χ2v) is 7.66. The van der Waals surface area contributed by atoms with Gasteiger partial charge in [0, 0.05) is 10.9 Å². The van der Waals surface area contributed by atoms with Crippen molar-refractivity contribution in [2.75, 3.05) is 0 Å². The van der Waals surface area contributed by atoms with Crippen molar-refractivity contribution in [1.29, 1.82) is 0 Å². The Bertz CT molecular complexity index is 692. The number of sulfonamides is 1. The number of hydrogen-bond acceptors (Lipinski definition) is 3. The molecule has 0 bridgehead atoms. The first-order chi connectivity index (χ1) is 9.79. The van der Waals surface area contributed by atoms with Crippen LogP contribution in [0.4, 0.5) is 8.78 Å². The molecule has 1 aromatic heterocycles. The van der Waals surface area contributed by atoms with Crippen LogP contribution in [0.1, 0.15) is 24.8 Å². The van der Waals surface area contributed by atoms with Gasteiger partial charge < -0.3 is 0 Å². The maximum atomic E-state index is 13.2. The molecule has 0 saturated heterocycles. The Morgan fingerprint density at radius 3 is 2.24 bits per heavy atom. The summed E-state index contributed by atoms with van der Waals surface area (Å²) in [5.74, 6) is -1.85. The first kappa shape index (κ1) is 16.1. The molecule has 0 aliphatic carbocycles. The van der Waals surface area contributed by atoms with Gasteiger partial charge in [-0.05, 0) is 29.5 Å². The molecule has 0 spiro atoms. The molecule has 2 rings (SSSR count). The number of thiophene rings is 1. The average Bonchev–Trinajstić information content (AvgIpc) is 2.88. The maximum absolute atomic E-state index is 13.2. The lowest BCUT2D eigenvalue weighted by Gasteiger charge is -2.21. The molecule has 7 heteroatoms. The number of hydrogen-bond donors (Lipinski definition) is 1. The van der Waals surface area contributed by atoms with E-state index in [9.17, 15) is 17.2 Å². The largest absolute Gasteiger partial charge is 0.241 e. The van der Waals surface area contributed by atoms with Crippen LogP contribution in [0.15, 0.2) is 40.6 Å². The Balaban J connectivity index is 2.35. The van der Waals surface area contributed by atoms with E-state index < -0.39 is 32.6 Å². The minimum absolute atomic E-state index is 0.00293. The standard InChI is InChI=1S/C14H15F2NO2S2/c1-9(2)14(13-4-3-5-20-13)17-21(18,19)12-7-10(15)6-11(16)8-12/h3-9,14,17H,1-2H3. The van der Waals surface area contributed by atoms with E-state index in [-0.39, 0.29) is 5.92 Å². The van der Waals surface area contributed by atoms with Crippen molar-refractivity contribution in [3.63, 3.8) is 0 Å². The molecule has 1 aromatic carbocycles. The Hall–Kier alpha value is -1.31. The van der Waals surface area contributed by atoms with Gasteiger partial charge in [-0.25, -0.2) is 21.9 Å². The molecular weight excluding hydrogens is 316 g/mol. The van der Waals surface area contributed by atoms with Crippen LogP contribution in [-0.2, 0) is 10.0 Å². The second-order valence-electron chi connectivity index (χ2n) is 4.96. The molecule has 1 atom stereocenters. The lowest BCUT2D eigenvalue weighted by molar-refractivity contribution is 0.468. The fourth-order valence-electron chi connectivity index (χ4n) is 1.91. The highest BCUT2D eigenvalue weighted by Gasteiger charge is 2.25. The highest BCUT2D eigenvalue weighted by Crippen LogP contribution is 2.28. The molecular formula is C14H15F2NO2S2. The van der Waals surface area contributed by atoms with Gasteiger partial charge in [0.1, 0.15) is 11.6 Å². The van der Waals surface area contributed by atoms with Crippen LogP contribution in [0, 0.1) is 17.6 Å². The van der Waals surface area contributed by atoms with Crippen molar-refractivity contribution in [2.45, 2.75) is 24.8 Å². The van der Waals surface area contributed by atoms with Gasteiger partial charge in [0.05, 0.1) is 10.9 Å². The minimum atomic E-state index is -4.00. The third-order valence-electron chi connectivity index (χ3n) is 2.94. The molecule has 0 amide bonds. The zero-order valence-corrected chi connectivity index (χ0v) is 13.1. The fraction of sp³-hybridized carbons (Fsp3) is 0.286. The molecule has 1 heterocycles. The van der Waals surface area contributed by atoms with Gasteiger partial charge in [-0.2, -0.15) is 0 Å². The van der Waals surface area contributed by atoms with E-state index in [0.29, 0.717) is 6.07 Å². The Kier molecular flexibility index (Phi) is 4.75. The van der Waals surface area contributed by atoms with Crippen LogP contribution >= 0.6 is 11.3 Å². The molecule has 0 radical (unpaired) electrons. The molecule has 0 aliphatic heterocycles. The quantitative estimate of drug-likeness (QED) is 0.908. The number of benzene rings is 1. The summed E-state index contributed by atoms with van der Waals surface area (Å²) in [7, 11) is -4.00. The zero-order chi connectivity index (χ0) is 15.6. The summed E-state index contributed by atoms with van der Waals surface area (Å²) in [5, 5.41) is 1.85. The normalized spacial score (nSPS) is 13.6. The van der Waals surface area contributed by atoms with Crippen molar-refractivity contribution in [1.82, 2.24) is 4.72 Å². The Morgan fingerprint density at radius 1 is 1.14 bits per heavy atom. The topological polar surface area (TPSA) is 46.2 Å². The lowest BCUT2D eigenvalue weighted by Crippen LogP contribution is -2.31. The molecule has 1 N–H and O–H groups in total. The Morgan fingerprint density at radius 2 is 1.76 bits per heavy atom. The molecule has 3 nitrogen and oxygen atoms in total. The molecule has 1 unspecified atom stereocenters. The molecule has 2 aromatic rings. The fourth-order valence-corrected chi connectivity index (χ4v) is 4.34. The second kappa shape index (κ2) is 6.21. The highest BCUT2D eigenvalue weighted by atomic mass is 32.2. The average molecular weight is 331 g/mol. The summed E-state index contributed by atoms with van der Waals surface area (Å²) >= 11 is 1.43.